The Morgan fingerprint density at radius 3 is 2.31 bits per heavy atom. The van der Waals surface area contributed by atoms with E-state index < -0.39 is 0 Å². The van der Waals surface area contributed by atoms with Gasteiger partial charge in [-0.25, -0.2) is 0 Å². The number of rotatable bonds is 5. The van der Waals surface area contributed by atoms with Crippen LogP contribution in [0.2, 0.25) is 0 Å². The third-order valence-corrected chi connectivity index (χ3v) is 3.37. The van der Waals surface area contributed by atoms with Gasteiger partial charge in [0.05, 0.1) is 0 Å². The van der Waals surface area contributed by atoms with Crippen molar-refractivity contribution in [3.63, 3.8) is 0 Å². The highest BCUT2D eigenvalue weighted by atomic mass is 15.2. The lowest BCUT2D eigenvalue weighted by molar-refractivity contribution is 0.143. The second kappa shape index (κ2) is 5.61. The van der Waals surface area contributed by atoms with Crippen molar-refractivity contribution in [3.05, 3.63) is 0 Å². The summed E-state index contributed by atoms with van der Waals surface area (Å²) < 4.78 is 0. The van der Waals surface area contributed by atoms with Crippen LogP contribution in [0.15, 0.2) is 0 Å². The van der Waals surface area contributed by atoms with Crippen LogP contribution in [0.5, 0.6) is 0 Å². The average Bonchev–Trinajstić information content (AvgIpc) is 2.66. The average molecular weight is 184 g/mol. The molecule has 2 heteroatoms. The van der Waals surface area contributed by atoms with E-state index in [9.17, 15) is 0 Å². The maximum Gasteiger partial charge on any atom is 0.0218 e. The summed E-state index contributed by atoms with van der Waals surface area (Å²) in [5.74, 6) is 0. The summed E-state index contributed by atoms with van der Waals surface area (Å²) in [5, 5.41) is 0. The fourth-order valence-corrected chi connectivity index (χ4v) is 2.59. The second-order valence-electron chi connectivity index (χ2n) is 4.07. The first-order valence-electron chi connectivity index (χ1n) is 5.79. The van der Waals surface area contributed by atoms with Crippen molar-refractivity contribution in [1.82, 2.24) is 4.90 Å². The molecule has 0 spiro atoms. The van der Waals surface area contributed by atoms with Gasteiger partial charge < -0.3 is 5.73 Å². The van der Waals surface area contributed by atoms with Gasteiger partial charge in [0.25, 0.3) is 0 Å². The highest BCUT2D eigenvalue weighted by molar-refractivity contribution is 4.82. The van der Waals surface area contributed by atoms with Crippen LogP contribution >= 0.6 is 0 Å². The van der Waals surface area contributed by atoms with Gasteiger partial charge in [-0.15, -0.1) is 0 Å². The first kappa shape index (κ1) is 11.0. The smallest absolute Gasteiger partial charge is 0.0218 e. The second-order valence-corrected chi connectivity index (χ2v) is 4.07. The van der Waals surface area contributed by atoms with Crippen LogP contribution in [0.25, 0.3) is 0 Å². The van der Waals surface area contributed by atoms with Gasteiger partial charge in [-0.3, -0.25) is 4.90 Å². The van der Waals surface area contributed by atoms with E-state index in [1.165, 1.54) is 38.6 Å². The Bertz CT molecular complexity index is 124. The molecule has 0 saturated heterocycles. The van der Waals surface area contributed by atoms with Crippen LogP contribution in [0.4, 0.5) is 0 Å². The molecule has 2 N–H and O–H groups in total. The van der Waals surface area contributed by atoms with Crippen LogP contribution in [0.1, 0.15) is 46.0 Å². The van der Waals surface area contributed by atoms with Crippen LogP contribution in [-0.4, -0.2) is 30.1 Å². The number of hydrogen-bond donors (Lipinski definition) is 1. The Morgan fingerprint density at radius 1 is 1.31 bits per heavy atom. The summed E-state index contributed by atoms with van der Waals surface area (Å²) in [6.07, 6.45) is 6.82. The topological polar surface area (TPSA) is 29.3 Å². The molecule has 0 bridgehead atoms. The lowest BCUT2D eigenvalue weighted by atomic mass is 10.1. The summed E-state index contributed by atoms with van der Waals surface area (Å²) in [6, 6.07) is 1.45. The van der Waals surface area contributed by atoms with Gasteiger partial charge in [0.2, 0.25) is 0 Å². The van der Waals surface area contributed by atoms with Gasteiger partial charge in [-0.05, 0) is 25.8 Å². The molecule has 13 heavy (non-hydrogen) atoms. The molecule has 0 aromatic heterocycles. The van der Waals surface area contributed by atoms with Crippen molar-refractivity contribution in [1.29, 1.82) is 0 Å². The summed E-state index contributed by atoms with van der Waals surface area (Å²) in [7, 11) is 0. The van der Waals surface area contributed by atoms with Crippen molar-refractivity contribution in [2.45, 2.75) is 58.0 Å². The standard InChI is InChI=1S/C11H24N2/c1-3-10(9-12)13(4-2)11-7-5-6-8-11/h10-11H,3-9,12H2,1-2H3. The van der Waals surface area contributed by atoms with Crippen molar-refractivity contribution in [2.75, 3.05) is 13.1 Å². The highest BCUT2D eigenvalue weighted by Gasteiger charge is 2.25. The molecule has 1 aliphatic rings. The van der Waals surface area contributed by atoms with Gasteiger partial charge in [0, 0.05) is 18.6 Å². The summed E-state index contributed by atoms with van der Waals surface area (Å²) >= 11 is 0. The molecule has 2 nitrogen and oxygen atoms in total. The first-order chi connectivity index (χ1) is 6.33. The fraction of sp³-hybridized carbons (Fsp3) is 1.00. The van der Waals surface area contributed by atoms with Gasteiger partial charge in [0.15, 0.2) is 0 Å². The zero-order chi connectivity index (χ0) is 9.68. The molecule has 0 aromatic rings. The summed E-state index contributed by atoms with van der Waals surface area (Å²) in [6.45, 7) is 6.49. The molecule has 0 heterocycles. The number of nitrogens with two attached hydrogens (primary N) is 1. The Balaban J connectivity index is 2.48. The van der Waals surface area contributed by atoms with E-state index in [4.69, 9.17) is 5.73 Å². The molecule has 78 valence electrons. The molecule has 1 unspecified atom stereocenters. The fourth-order valence-electron chi connectivity index (χ4n) is 2.59. The van der Waals surface area contributed by atoms with Crippen molar-refractivity contribution in [3.8, 4) is 0 Å². The molecule has 1 atom stereocenters. The summed E-state index contributed by atoms with van der Waals surface area (Å²) in [4.78, 5) is 2.62. The minimum absolute atomic E-state index is 0.619. The van der Waals surface area contributed by atoms with Crippen LogP contribution in [0.3, 0.4) is 0 Å². The first-order valence-corrected chi connectivity index (χ1v) is 5.79. The largest absolute Gasteiger partial charge is 0.329 e. The predicted molar refractivity (Wildman–Crippen MR) is 57.8 cm³/mol. The maximum absolute atomic E-state index is 5.79. The van der Waals surface area contributed by atoms with E-state index in [0.29, 0.717) is 6.04 Å². The van der Waals surface area contributed by atoms with Crippen LogP contribution < -0.4 is 5.73 Å². The van der Waals surface area contributed by atoms with E-state index >= 15 is 0 Å². The van der Waals surface area contributed by atoms with E-state index in [0.717, 1.165) is 12.6 Å². The maximum atomic E-state index is 5.79. The molecule has 1 fully saturated rings. The Hall–Kier alpha value is -0.0800. The Kier molecular flexibility index (Phi) is 4.74. The minimum atomic E-state index is 0.619. The van der Waals surface area contributed by atoms with E-state index in [1.807, 2.05) is 0 Å². The number of nitrogens with zero attached hydrogens (tertiary/aromatic N) is 1. The third kappa shape index (κ3) is 2.68. The lowest BCUT2D eigenvalue weighted by Gasteiger charge is -2.34. The molecule has 0 aliphatic heterocycles. The zero-order valence-electron chi connectivity index (χ0n) is 9.13. The highest BCUT2D eigenvalue weighted by Crippen LogP contribution is 2.25. The van der Waals surface area contributed by atoms with Crippen LogP contribution in [0, 0.1) is 0 Å². The van der Waals surface area contributed by atoms with Gasteiger partial charge in [-0.2, -0.15) is 0 Å². The summed E-state index contributed by atoms with van der Waals surface area (Å²) in [5.41, 5.74) is 5.79. The molecule has 1 rings (SSSR count). The predicted octanol–water partition coefficient (Wildman–Crippen LogP) is 1.99. The Labute approximate surface area is 82.5 Å². The van der Waals surface area contributed by atoms with Gasteiger partial charge >= 0.3 is 0 Å². The molecule has 1 saturated carbocycles. The molecular formula is C11H24N2. The quantitative estimate of drug-likeness (QED) is 0.708. The third-order valence-electron chi connectivity index (χ3n) is 3.37. The normalized spacial score (nSPS) is 21.2. The molecule has 0 aromatic carbocycles. The zero-order valence-corrected chi connectivity index (χ0v) is 9.13. The van der Waals surface area contributed by atoms with Crippen LogP contribution in [-0.2, 0) is 0 Å². The van der Waals surface area contributed by atoms with E-state index in [2.05, 4.69) is 18.7 Å². The van der Waals surface area contributed by atoms with Crippen molar-refractivity contribution < 1.29 is 0 Å². The van der Waals surface area contributed by atoms with Gasteiger partial charge in [-0.1, -0.05) is 26.7 Å². The SMILES string of the molecule is CCC(CN)N(CC)C1CCCC1. The monoisotopic (exact) mass is 184 g/mol. The van der Waals surface area contributed by atoms with E-state index in [-0.39, 0.29) is 0 Å². The Morgan fingerprint density at radius 2 is 1.92 bits per heavy atom. The molecule has 0 amide bonds. The van der Waals surface area contributed by atoms with Crippen molar-refractivity contribution in [2.24, 2.45) is 5.73 Å². The number of likely N-dealkylation sites (N-methyl/N-ethyl adjacent to an activating group) is 1. The van der Waals surface area contributed by atoms with Crippen molar-refractivity contribution >= 4 is 0 Å². The molecular weight excluding hydrogens is 160 g/mol. The number of hydrogen-bond acceptors (Lipinski definition) is 2. The molecule has 1 aliphatic carbocycles. The minimum Gasteiger partial charge on any atom is -0.329 e. The molecule has 0 radical (unpaired) electrons. The lowest BCUT2D eigenvalue weighted by Crippen LogP contribution is -2.45. The van der Waals surface area contributed by atoms with Gasteiger partial charge in [0.1, 0.15) is 0 Å². The van der Waals surface area contributed by atoms with E-state index in [1.54, 1.807) is 0 Å².